The molecule has 3 rings (SSSR count). The van der Waals surface area contributed by atoms with Crippen LogP contribution < -0.4 is 5.73 Å². The van der Waals surface area contributed by atoms with Gasteiger partial charge in [-0.05, 0) is 43.7 Å². The maximum Gasteiger partial charge on any atom is 0.183 e. The zero-order valence-electron chi connectivity index (χ0n) is 14.3. The summed E-state index contributed by atoms with van der Waals surface area (Å²) in [5.41, 5.74) is 7.39. The van der Waals surface area contributed by atoms with E-state index in [1.165, 1.54) is 0 Å². The van der Waals surface area contributed by atoms with E-state index in [0.29, 0.717) is 16.5 Å². The molecule has 0 radical (unpaired) electrons. The van der Waals surface area contributed by atoms with E-state index >= 15 is 0 Å². The molecule has 2 aromatic carbocycles. The van der Waals surface area contributed by atoms with Gasteiger partial charge in [-0.3, -0.25) is 0 Å². The van der Waals surface area contributed by atoms with E-state index in [2.05, 4.69) is 0 Å². The lowest BCUT2D eigenvalue weighted by atomic mass is 10.1. The first kappa shape index (κ1) is 18.4. The number of sulfone groups is 1. The Labute approximate surface area is 153 Å². The molecule has 0 aliphatic heterocycles. The largest absolute Gasteiger partial charge is 0.380 e. The second-order valence-electron chi connectivity index (χ2n) is 6.56. The van der Waals surface area contributed by atoms with Crippen LogP contribution in [0.3, 0.4) is 0 Å². The third kappa shape index (κ3) is 3.34. The zero-order valence-corrected chi connectivity index (χ0v) is 15.8. The van der Waals surface area contributed by atoms with Gasteiger partial charge in [-0.25, -0.2) is 8.42 Å². The molecule has 0 saturated heterocycles. The SMILES string of the molecule is CCOC[C@@]1(N)[C@H](c2cccc(Cl)c2)[C@@H]1S(=O)(=O)c1ccc(C)cc1. The van der Waals surface area contributed by atoms with Crippen LogP contribution in [0.4, 0.5) is 0 Å². The molecule has 1 aliphatic carbocycles. The maximum atomic E-state index is 13.2. The lowest BCUT2D eigenvalue weighted by Gasteiger charge is -2.12. The summed E-state index contributed by atoms with van der Waals surface area (Å²) in [6.07, 6.45) is 0. The summed E-state index contributed by atoms with van der Waals surface area (Å²) in [4.78, 5) is 0.291. The fourth-order valence-corrected chi connectivity index (χ4v) is 5.89. The van der Waals surface area contributed by atoms with Gasteiger partial charge in [0.1, 0.15) is 0 Å². The second kappa shape index (κ2) is 6.72. The van der Waals surface area contributed by atoms with Crippen molar-refractivity contribution < 1.29 is 13.2 Å². The van der Waals surface area contributed by atoms with Gasteiger partial charge in [-0.15, -0.1) is 0 Å². The molecule has 0 spiro atoms. The highest BCUT2D eigenvalue weighted by molar-refractivity contribution is 7.92. The molecule has 4 nitrogen and oxygen atoms in total. The summed E-state index contributed by atoms with van der Waals surface area (Å²) >= 11 is 6.09. The Bertz CT molecular complexity index is 866. The number of aryl methyl sites for hydroxylation is 1. The molecule has 0 unspecified atom stereocenters. The average Bonchev–Trinajstić information content (AvgIpc) is 3.20. The Morgan fingerprint density at radius 3 is 2.48 bits per heavy atom. The van der Waals surface area contributed by atoms with Crippen molar-refractivity contribution in [3.05, 3.63) is 64.7 Å². The maximum absolute atomic E-state index is 13.2. The minimum absolute atomic E-state index is 0.191. The van der Waals surface area contributed by atoms with Crippen molar-refractivity contribution in [1.82, 2.24) is 0 Å². The van der Waals surface area contributed by atoms with Gasteiger partial charge >= 0.3 is 0 Å². The molecule has 2 aromatic rings. The van der Waals surface area contributed by atoms with E-state index in [-0.39, 0.29) is 12.5 Å². The average molecular weight is 380 g/mol. The fraction of sp³-hybridized carbons (Fsp3) is 0.368. The van der Waals surface area contributed by atoms with Gasteiger partial charge in [0.2, 0.25) is 0 Å². The van der Waals surface area contributed by atoms with Crippen LogP contribution in [-0.2, 0) is 14.6 Å². The molecular formula is C19H22ClNO3S. The number of hydrogen-bond acceptors (Lipinski definition) is 4. The van der Waals surface area contributed by atoms with Crippen LogP contribution in [0.25, 0.3) is 0 Å². The topological polar surface area (TPSA) is 69.4 Å². The summed E-state index contributed by atoms with van der Waals surface area (Å²) in [6.45, 7) is 4.46. The molecule has 0 aromatic heterocycles. The first-order chi connectivity index (χ1) is 11.8. The van der Waals surface area contributed by atoms with Gasteiger partial charge in [0, 0.05) is 17.5 Å². The molecule has 134 valence electrons. The Balaban J connectivity index is 2.01. The summed E-state index contributed by atoms with van der Waals surface area (Å²) in [5.74, 6) is -0.343. The van der Waals surface area contributed by atoms with Gasteiger partial charge in [0.15, 0.2) is 9.84 Å². The lowest BCUT2D eigenvalue weighted by Crippen LogP contribution is -2.36. The summed E-state index contributed by atoms with van der Waals surface area (Å²) in [6, 6.07) is 14.1. The fourth-order valence-electron chi connectivity index (χ4n) is 3.40. The monoisotopic (exact) mass is 379 g/mol. The van der Waals surface area contributed by atoms with E-state index in [0.717, 1.165) is 11.1 Å². The number of rotatable bonds is 6. The normalized spacial score (nSPS) is 25.8. The Morgan fingerprint density at radius 2 is 1.88 bits per heavy atom. The van der Waals surface area contributed by atoms with Crippen molar-refractivity contribution in [2.75, 3.05) is 13.2 Å². The van der Waals surface area contributed by atoms with Crippen molar-refractivity contribution in [3.8, 4) is 0 Å². The van der Waals surface area contributed by atoms with Gasteiger partial charge < -0.3 is 10.5 Å². The number of hydrogen-bond donors (Lipinski definition) is 1. The van der Waals surface area contributed by atoms with Crippen LogP contribution in [0.5, 0.6) is 0 Å². The molecule has 0 heterocycles. The van der Waals surface area contributed by atoms with Crippen molar-refractivity contribution in [2.24, 2.45) is 5.73 Å². The van der Waals surface area contributed by atoms with Gasteiger partial charge in [0.05, 0.1) is 22.3 Å². The molecule has 1 saturated carbocycles. The van der Waals surface area contributed by atoms with Crippen LogP contribution in [0, 0.1) is 6.92 Å². The molecular weight excluding hydrogens is 358 g/mol. The van der Waals surface area contributed by atoms with Crippen molar-refractivity contribution in [3.63, 3.8) is 0 Å². The third-order valence-electron chi connectivity index (χ3n) is 4.75. The summed E-state index contributed by atoms with van der Waals surface area (Å²) in [7, 11) is -3.58. The molecule has 6 heteroatoms. The Hall–Kier alpha value is -1.40. The first-order valence-corrected chi connectivity index (χ1v) is 10.2. The predicted molar refractivity (Wildman–Crippen MR) is 99.8 cm³/mol. The van der Waals surface area contributed by atoms with Crippen LogP contribution in [-0.4, -0.2) is 32.4 Å². The van der Waals surface area contributed by atoms with Crippen molar-refractivity contribution in [1.29, 1.82) is 0 Å². The van der Waals surface area contributed by atoms with E-state index in [1.54, 1.807) is 36.4 Å². The number of benzene rings is 2. The smallest absolute Gasteiger partial charge is 0.183 e. The zero-order chi connectivity index (χ0) is 18.2. The third-order valence-corrected chi connectivity index (χ3v) is 7.29. The molecule has 1 fully saturated rings. The molecule has 0 amide bonds. The standard InChI is InChI=1S/C19H22ClNO3S/c1-3-24-12-19(21)17(14-5-4-6-15(20)11-14)18(19)25(22,23)16-9-7-13(2)8-10-16/h4-11,17-18H,3,12,21H2,1-2H3/t17-,18+,19-/m1/s1. The Kier molecular flexibility index (Phi) is 4.95. The van der Waals surface area contributed by atoms with Crippen LogP contribution in [0.1, 0.15) is 24.0 Å². The molecule has 0 bridgehead atoms. The minimum atomic E-state index is -3.58. The molecule has 25 heavy (non-hydrogen) atoms. The first-order valence-electron chi connectivity index (χ1n) is 8.23. The van der Waals surface area contributed by atoms with E-state index in [1.807, 2.05) is 26.0 Å². The van der Waals surface area contributed by atoms with Crippen LogP contribution in [0.2, 0.25) is 5.02 Å². The van der Waals surface area contributed by atoms with Crippen LogP contribution >= 0.6 is 11.6 Å². The van der Waals surface area contributed by atoms with Gasteiger partial charge in [-0.2, -0.15) is 0 Å². The Morgan fingerprint density at radius 1 is 1.20 bits per heavy atom. The molecule has 2 N–H and O–H groups in total. The highest BCUT2D eigenvalue weighted by Gasteiger charge is 2.69. The van der Waals surface area contributed by atoms with Crippen molar-refractivity contribution in [2.45, 2.75) is 35.4 Å². The highest BCUT2D eigenvalue weighted by Crippen LogP contribution is 2.56. The quantitative estimate of drug-likeness (QED) is 0.835. The van der Waals surface area contributed by atoms with Gasteiger partial charge in [-0.1, -0.05) is 41.4 Å². The highest BCUT2D eigenvalue weighted by atomic mass is 35.5. The summed E-state index contributed by atoms with van der Waals surface area (Å²) in [5, 5.41) is -0.164. The number of nitrogens with two attached hydrogens (primary N) is 1. The van der Waals surface area contributed by atoms with Gasteiger partial charge in [0.25, 0.3) is 0 Å². The van der Waals surface area contributed by atoms with E-state index < -0.39 is 20.6 Å². The van der Waals surface area contributed by atoms with E-state index in [9.17, 15) is 8.42 Å². The number of ether oxygens (including phenoxy) is 1. The molecule has 3 atom stereocenters. The lowest BCUT2D eigenvalue weighted by molar-refractivity contribution is 0.125. The minimum Gasteiger partial charge on any atom is -0.380 e. The second-order valence-corrected chi connectivity index (χ2v) is 9.07. The number of halogens is 1. The molecule has 1 aliphatic rings. The predicted octanol–water partition coefficient (Wildman–Crippen LogP) is 3.32. The van der Waals surface area contributed by atoms with Crippen molar-refractivity contribution >= 4 is 21.4 Å². The summed E-state index contributed by atoms with van der Waals surface area (Å²) < 4.78 is 31.9. The van der Waals surface area contributed by atoms with Crippen LogP contribution in [0.15, 0.2) is 53.4 Å². The van der Waals surface area contributed by atoms with E-state index in [4.69, 9.17) is 22.1 Å².